The van der Waals surface area contributed by atoms with Crippen LogP contribution in [0, 0.1) is 0 Å². The van der Waals surface area contributed by atoms with E-state index >= 15 is 0 Å². The van der Waals surface area contributed by atoms with Crippen LogP contribution in [0.4, 0.5) is 0 Å². The monoisotopic (exact) mass is 344 g/mol. The molecular formula is O8P2ZnZr-2. The molecule has 0 N–H and O–H groups in total. The SMILES string of the molecule is O=P([O-])([O-])[O-].O=P([O-])([O-])[O-].[Zn+2].[Zr+2]. The van der Waals surface area contributed by atoms with Crippen molar-refractivity contribution < 1.29 is 84.2 Å². The van der Waals surface area contributed by atoms with Crippen molar-refractivity contribution in [2.75, 3.05) is 0 Å². The normalized spacial score (nSPS) is 9.83. The minimum atomic E-state index is -5.39. The fraction of sp³-hybridized carbons (Fsp3) is 0. The van der Waals surface area contributed by atoms with E-state index in [0.717, 1.165) is 0 Å². The second kappa shape index (κ2) is 9.29. The fourth-order valence-electron chi connectivity index (χ4n) is 0. The van der Waals surface area contributed by atoms with E-state index in [4.69, 9.17) is 38.5 Å². The summed E-state index contributed by atoms with van der Waals surface area (Å²) in [6, 6.07) is 0. The van der Waals surface area contributed by atoms with Gasteiger partial charge in [0.05, 0.1) is 0 Å². The van der Waals surface area contributed by atoms with E-state index in [0.29, 0.717) is 0 Å². The first-order valence-electron chi connectivity index (χ1n) is 1.46. The molecule has 8 nitrogen and oxygen atoms in total. The summed E-state index contributed by atoms with van der Waals surface area (Å²) in [7, 11) is -10.8. The first kappa shape index (κ1) is 23.5. The number of phosphoric acid groups is 2. The maximum Gasteiger partial charge on any atom is 2.00 e. The van der Waals surface area contributed by atoms with Crippen LogP contribution in [-0.4, -0.2) is 0 Å². The molecule has 0 bridgehead atoms. The first-order valence-corrected chi connectivity index (χ1v) is 4.38. The number of hydrogen-bond acceptors (Lipinski definition) is 8. The van der Waals surface area contributed by atoms with Gasteiger partial charge in [-0.05, 0) is 0 Å². The molecule has 66 valence electrons. The van der Waals surface area contributed by atoms with E-state index in [1.807, 2.05) is 0 Å². The summed E-state index contributed by atoms with van der Waals surface area (Å²) in [6.07, 6.45) is 0. The molecular weight excluding hydrogens is 347 g/mol. The van der Waals surface area contributed by atoms with Crippen molar-refractivity contribution in [1.82, 2.24) is 0 Å². The average Bonchev–Trinajstić information content (AvgIpc) is 1.12. The number of hydrogen-bond donors (Lipinski definition) is 0. The molecule has 0 atom stereocenters. The van der Waals surface area contributed by atoms with Crippen molar-refractivity contribution >= 4 is 15.6 Å². The molecule has 0 aliphatic rings. The molecule has 0 fully saturated rings. The Morgan fingerprint density at radius 2 is 0.667 bits per heavy atom. The van der Waals surface area contributed by atoms with Gasteiger partial charge in [-0.1, -0.05) is 0 Å². The van der Waals surface area contributed by atoms with Gasteiger partial charge >= 0.3 is 45.7 Å². The van der Waals surface area contributed by atoms with Crippen LogP contribution in [-0.2, 0) is 54.8 Å². The van der Waals surface area contributed by atoms with Gasteiger partial charge in [0.1, 0.15) is 0 Å². The van der Waals surface area contributed by atoms with Crippen molar-refractivity contribution in [3.05, 3.63) is 0 Å². The zero-order valence-electron chi connectivity index (χ0n) is 5.37. The summed E-state index contributed by atoms with van der Waals surface area (Å²) >= 11 is 0. The van der Waals surface area contributed by atoms with Crippen molar-refractivity contribution in [3.8, 4) is 0 Å². The summed E-state index contributed by atoms with van der Waals surface area (Å²) in [6.45, 7) is 0. The third kappa shape index (κ3) is 453. The van der Waals surface area contributed by atoms with Gasteiger partial charge < -0.3 is 38.5 Å². The molecule has 12 heteroatoms. The van der Waals surface area contributed by atoms with Crippen LogP contribution in [0.5, 0.6) is 0 Å². The average molecular weight is 347 g/mol. The molecule has 0 aliphatic carbocycles. The first-order chi connectivity index (χ1) is 4.00. The van der Waals surface area contributed by atoms with Crippen LogP contribution in [0.1, 0.15) is 0 Å². The van der Waals surface area contributed by atoms with Crippen molar-refractivity contribution in [2.45, 2.75) is 0 Å². The molecule has 0 rings (SSSR count). The smallest absolute Gasteiger partial charge is 0.822 e. The Hall–Kier alpha value is 1.73. The summed E-state index contributed by atoms with van der Waals surface area (Å²) in [5, 5.41) is 0. The second-order valence-corrected chi connectivity index (χ2v) is 2.68. The number of rotatable bonds is 0. The van der Waals surface area contributed by atoms with Crippen molar-refractivity contribution in [2.24, 2.45) is 0 Å². The van der Waals surface area contributed by atoms with Crippen LogP contribution >= 0.6 is 15.6 Å². The van der Waals surface area contributed by atoms with Crippen LogP contribution in [0.25, 0.3) is 0 Å². The maximum absolute atomic E-state index is 8.55. The van der Waals surface area contributed by atoms with Gasteiger partial charge in [0.25, 0.3) is 0 Å². The zero-order valence-corrected chi connectivity index (χ0v) is 12.6. The Bertz CT molecular complexity index is 129. The largest absolute Gasteiger partial charge is 2.00 e. The maximum atomic E-state index is 8.55. The van der Waals surface area contributed by atoms with Crippen LogP contribution in [0.3, 0.4) is 0 Å². The topological polar surface area (TPSA) is 172 Å². The van der Waals surface area contributed by atoms with E-state index in [1.54, 1.807) is 0 Å². The minimum Gasteiger partial charge on any atom is -0.822 e. The van der Waals surface area contributed by atoms with E-state index < -0.39 is 15.6 Å². The van der Waals surface area contributed by atoms with E-state index in [-0.39, 0.29) is 45.7 Å². The molecule has 0 aliphatic heterocycles. The molecule has 0 aromatic rings. The van der Waals surface area contributed by atoms with Crippen LogP contribution in [0.15, 0.2) is 0 Å². The van der Waals surface area contributed by atoms with Crippen LogP contribution < -0.4 is 29.4 Å². The Morgan fingerprint density at radius 1 is 0.667 bits per heavy atom. The Morgan fingerprint density at radius 3 is 0.667 bits per heavy atom. The van der Waals surface area contributed by atoms with Crippen molar-refractivity contribution in [1.29, 1.82) is 0 Å². The quantitative estimate of drug-likeness (QED) is 0.308. The Balaban J connectivity index is -0.0000000457. The molecule has 0 saturated carbocycles. The van der Waals surface area contributed by atoms with Gasteiger partial charge in [0.15, 0.2) is 0 Å². The van der Waals surface area contributed by atoms with Gasteiger partial charge in [0.2, 0.25) is 0 Å². The molecule has 0 unspecified atom stereocenters. The predicted molar refractivity (Wildman–Crippen MR) is 15.2 cm³/mol. The fourth-order valence-corrected chi connectivity index (χ4v) is 0. The van der Waals surface area contributed by atoms with E-state index in [9.17, 15) is 0 Å². The van der Waals surface area contributed by atoms with Gasteiger partial charge in [-0.15, -0.1) is 0 Å². The summed E-state index contributed by atoms with van der Waals surface area (Å²) in [5.74, 6) is 0. The summed E-state index contributed by atoms with van der Waals surface area (Å²) in [5.41, 5.74) is 0. The molecule has 12 heavy (non-hydrogen) atoms. The van der Waals surface area contributed by atoms with Gasteiger partial charge in [0, 0.05) is 0 Å². The molecule has 0 saturated heterocycles. The second-order valence-electron chi connectivity index (χ2n) is 0.894. The third-order valence-electron chi connectivity index (χ3n) is 0. The molecule has 0 radical (unpaired) electrons. The van der Waals surface area contributed by atoms with Gasteiger partial charge in [-0.3, -0.25) is 0 Å². The molecule has 0 heterocycles. The summed E-state index contributed by atoms with van der Waals surface area (Å²) in [4.78, 5) is 51.3. The molecule has 0 aromatic heterocycles. The zero-order chi connectivity index (χ0) is 9.00. The molecule has 0 amide bonds. The van der Waals surface area contributed by atoms with E-state index in [1.165, 1.54) is 0 Å². The molecule has 0 spiro atoms. The standard InChI is InChI=1S/2H3O4P.Zn.Zr/c2*1-5(2,3)4;;/h2*(H3,1,2,3,4);;/q;;2*+2/p-6. The van der Waals surface area contributed by atoms with E-state index in [2.05, 4.69) is 0 Å². The van der Waals surface area contributed by atoms with Crippen LogP contribution in [0.2, 0.25) is 0 Å². The van der Waals surface area contributed by atoms with Gasteiger partial charge in [-0.25, -0.2) is 0 Å². The predicted octanol–water partition coefficient (Wildman–Crippen LogP) is -5.65. The third-order valence-corrected chi connectivity index (χ3v) is 0. The Kier molecular flexibility index (Phi) is 18.2. The van der Waals surface area contributed by atoms with Gasteiger partial charge in [-0.2, -0.15) is 15.6 Å². The van der Waals surface area contributed by atoms with Crippen molar-refractivity contribution in [3.63, 3.8) is 0 Å². The molecule has 0 aromatic carbocycles. The minimum absolute atomic E-state index is 0. The Labute approximate surface area is 99.4 Å². The summed E-state index contributed by atoms with van der Waals surface area (Å²) < 4.78 is 17.1.